The molecule has 5 heteroatoms. The SMILES string of the molecule is Cc1nc(NC2CCOc3ccccc32)cc(-c2ccc3sccc3c2)n1. The number of nitrogens with zero attached hydrogens (tertiary/aromatic N) is 2. The molecule has 27 heavy (non-hydrogen) atoms. The van der Waals surface area contributed by atoms with Gasteiger partial charge in [0.15, 0.2) is 0 Å². The van der Waals surface area contributed by atoms with Crippen molar-refractivity contribution < 1.29 is 4.74 Å². The number of hydrogen-bond acceptors (Lipinski definition) is 5. The molecule has 5 rings (SSSR count). The molecule has 0 aliphatic carbocycles. The van der Waals surface area contributed by atoms with Crippen LogP contribution in [-0.4, -0.2) is 16.6 Å². The maximum atomic E-state index is 5.77. The Bertz CT molecular complexity index is 1120. The van der Waals surface area contributed by atoms with E-state index < -0.39 is 0 Å². The molecule has 0 bridgehead atoms. The minimum atomic E-state index is 0.191. The first-order chi connectivity index (χ1) is 13.3. The number of ether oxygens (including phenoxy) is 1. The van der Waals surface area contributed by atoms with Gasteiger partial charge in [0, 0.05) is 28.3 Å². The van der Waals surface area contributed by atoms with Crippen molar-refractivity contribution in [1.82, 2.24) is 9.97 Å². The number of aromatic nitrogens is 2. The van der Waals surface area contributed by atoms with Gasteiger partial charge in [-0.3, -0.25) is 0 Å². The van der Waals surface area contributed by atoms with Crippen molar-refractivity contribution >= 4 is 27.2 Å². The normalized spacial score (nSPS) is 16.0. The van der Waals surface area contributed by atoms with Crippen molar-refractivity contribution in [2.24, 2.45) is 0 Å². The molecule has 2 aromatic heterocycles. The van der Waals surface area contributed by atoms with Crippen molar-refractivity contribution in [1.29, 1.82) is 0 Å². The number of benzene rings is 2. The van der Waals surface area contributed by atoms with E-state index in [0.717, 1.165) is 35.1 Å². The molecule has 0 amide bonds. The number of hydrogen-bond donors (Lipinski definition) is 1. The Morgan fingerprint density at radius 2 is 2.00 bits per heavy atom. The van der Waals surface area contributed by atoms with E-state index in [1.807, 2.05) is 25.1 Å². The van der Waals surface area contributed by atoms with Gasteiger partial charge in [0.2, 0.25) is 0 Å². The quantitative estimate of drug-likeness (QED) is 0.507. The molecule has 1 aliphatic heterocycles. The third-order valence-electron chi connectivity index (χ3n) is 4.87. The number of anilines is 1. The Labute approximate surface area is 161 Å². The van der Waals surface area contributed by atoms with Crippen LogP contribution in [0.1, 0.15) is 23.9 Å². The van der Waals surface area contributed by atoms with Crippen LogP contribution in [-0.2, 0) is 0 Å². The van der Waals surface area contributed by atoms with Gasteiger partial charge >= 0.3 is 0 Å². The van der Waals surface area contributed by atoms with Gasteiger partial charge in [-0.15, -0.1) is 11.3 Å². The van der Waals surface area contributed by atoms with Crippen molar-refractivity contribution in [2.45, 2.75) is 19.4 Å². The molecule has 134 valence electrons. The van der Waals surface area contributed by atoms with Crippen LogP contribution < -0.4 is 10.1 Å². The fourth-order valence-corrected chi connectivity index (χ4v) is 4.36. The van der Waals surface area contributed by atoms with E-state index in [-0.39, 0.29) is 6.04 Å². The number of rotatable bonds is 3. The summed E-state index contributed by atoms with van der Waals surface area (Å²) in [6.07, 6.45) is 0.913. The highest BCUT2D eigenvalue weighted by Crippen LogP contribution is 2.34. The van der Waals surface area contributed by atoms with E-state index in [0.29, 0.717) is 6.61 Å². The molecule has 2 aromatic carbocycles. The third-order valence-corrected chi connectivity index (χ3v) is 5.76. The molecular weight excluding hydrogens is 354 g/mol. The van der Waals surface area contributed by atoms with Crippen LogP contribution in [0.3, 0.4) is 0 Å². The summed E-state index contributed by atoms with van der Waals surface area (Å²) in [6, 6.07) is 19.1. The zero-order valence-electron chi connectivity index (χ0n) is 15.0. The largest absolute Gasteiger partial charge is 0.493 e. The van der Waals surface area contributed by atoms with Gasteiger partial charge < -0.3 is 10.1 Å². The fraction of sp³-hybridized carbons (Fsp3) is 0.182. The first-order valence-corrected chi connectivity index (χ1v) is 9.96. The smallest absolute Gasteiger partial charge is 0.130 e. The van der Waals surface area contributed by atoms with E-state index in [9.17, 15) is 0 Å². The van der Waals surface area contributed by atoms with Crippen LogP contribution in [0.2, 0.25) is 0 Å². The van der Waals surface area contributed by atoms with Crippen LogP contribution in [0, 0.1) is 6.92 Å². The summed E-state index contributed by atoms with van der Waals surface area (Å²) >= 11 is 1.76. The van der Waals surface area contributed by atoms with Gasteiger partial charge in [0.05, 0.1) is 18.3 Å². The van der Waals surface area contributed by atoms with Gasteiger partial charge in [0.1, 0.15) is 17.4 Å². The van der Waals surface area contributed by atoms with E-state index in [1.165, 1.54) is 15.6 Å². The van der Waals surface area contributed by atoms with Crippen LogP contribution in [0.5, 0.6) is 5.75 Å². The first kappa shape index (κ1) is 16.3. The number of aryl methyl sites for hydroxylation is 1. The minimum Gasteiger partial charge on any atom is -0.493 e. The second-order valence-electron chi connectivity index (χ2n) is 6.73. The molecule has 0 fully saturated rings. The van der Waals surface area contributed by atoms with Crippen LogP contribution in [0.15, 0.2) is 60.0 Å². The molecule has 0 saturated carbocycles. The van der Waals surface area contributed by atoms with Crippen molar-refractivity contribution in [3.63, 3.8) is 0 Å². The molecule has 4 aromatic rings. The van der Waals surface area contributed by atoms with E-state index >= 15 is 0 Å². The van der Waals surface area contributed by atoms with Crippen molar-refractivity contribution in [3.05, 3.63) is 71.4 Å². The highest BCUT2D eigenvalue weighted by molar-refractivity contribution is 7.17. The Hall–Kier alpha value is -2.92. The predicted molar refractivity (Wildman–Crippen MR) is 111 cm³/mol. The first-order valence-electron chi connectivity index (χ1n) is 9.08. The number of para-hydroxylation sites is 1. The summed E-state index contributed by atoms with van der Waals surface area (Å²) in [5, 5.41) is 6.96. The average Bonchev–Trinajstić information content (AvgIpc) is 3.16. The van der Waals surface area contributed by atoms with Crippen molar-refractivity contribution in [3.8, 4) is 17.0 Å². The molecule has 1 unspecified atom stereocenters. The zero-order chi connectivity index (χ0) is 18.2. The lowest BCUT2D eigenvalue weighted by molar-refractivity contribution is 0.274. The third kappa shape index (κ3) is 3.15. The molecule has 1 aliphatic rings. The van der Waals surface area contributed by atoms with Gasteiger partial charge in [-0.05, 0) is 42.0 Å². The van der Waals surface area contributed by atoms with Gasteiger partial charge in [0.25, 0.3) is 0 Å². The van der Waals surface area contributed by atoms with E-state index in [1.54, 1.807) is 11.3 Å². The lowest BCUT2D eigenvalue weighted by atomic mass is 10.0. The standard InChI is InChI=1S/C22H19N3OS/c1-14-23-19(15-6-7-21-16(12-15)9-11-27-21)13-22(24-14)25-18-8-10-26-20-5-3-2-4-17(18)20/h2-7,9,11-13,18H,8,10H2,1H3,(H,23,24,25). The van der Waals surface area contributed by atoms with Gasteiger partial charge in [-0.2, -0.15) is 0 Å². The van der Waals surface area contributed by atoms with Gasteiger partial charge in [-0.25, -0.2) is 9.97 Å². The summed E-state index contributed by atoms with van der Waals surface area (Å²) < 4.78 is 7.06. The topological polar surface area (TPSA) is 47.0 Å². The van der Waals surface area contributed by atoms with E-state index in [4.69, 9.17) is 4.74 Å². The highest BCUT2D eigenvalue weighted by Gasteiger charge is 2.21. The predicted octanol–water partition coefficient (Wildman–Crippen LogP) is 5.60. The van der Waals surface area contributed by atoms with Crippen LogP contribution >= 0.6 is 11.3 Å². The highest BCUT2D eigenvalue weighted by atomic mass is 32.1. The molecule has 0 radical (unpaired) electrons. The summed E-state index contributed by atoms with van der Waals surface area (Å²) in [5.41, 5.74) is 3.24. The second kappa shape index (κ2) is 6.67. The maximum Gasteiger partial charge on any atom is 0.130 e. The molecule has 4 nitrogen and oxygen atoms in total. The molecule has 0 saturated heterocycles. The monoisotopic (exact) mass is 373 g/mol. The van der Waals surface area contributed by atoms with Crippen molar-refractivity contribution in [2.75, 3.05) is 11.9 Å². The fourth-order valence-electron chi connectivity index (χ4n) is 3.59. The summed E-state index contributed by atoms with van der Waals surface area (Å²) in [6.45, 7) is 2.65. The lowest BCUT2D eigenvalue weighted by Crippen LogP contribution is -2.21. The van der Waals surface area contributed by atoms with Gasteiger partial charge in [-0.1, -0.05) is 24.3 Å². The molecule has 1 N–H and O–H groups in total. The lowest BCUT2D eigenvalue weighted by Gasteiger charge is -2.27. The zero-order valence-corrected chi connectivity index (χ0v) is 15.8. The molecule has 3 heterocycles. The average molecular weight is 373 g/mol. The Morgan fingerprint density at radius 1 is 1.07 bits per heavy atom. The van der Waals surface area contributed by atoms with Crippen LogP contribution in [0.4, 0.5) is 5.82 Å². The number of nitrogens with one attached hydrogen (secondary N) is 1. The van der Waals surface area contributed by atoms with E-state index in [2.05, 4.69) is 57.1 Å². The Balaban J connectivity index is 1.49. The second-order valence-corrected chi connectivity index (χ2v) is 7.68. The maximum absolute atomic E-state index is 5.77. The minimum absolute atomic E-state index is 0.191. The molecule has 0 spiro atoms. The Morgan fingerprint density at radius 3 is 2.96 bits per heavy atom. The number of fused-ring (bicyclic) bond motifs is 2. The number of thiophene rings is 1. The summed E-state index contributed by atoms with van der Waals surface area (Å²) in [5.74, 6) is 2.57. The molecular formula is C22H19N3OS. The summed E-state index contributed by atoms with van der Waals surface area (Å²) in [7, 11) is 0. The molecule has 1 atom stereocenters. The summed E-state index contributed by atoms with van der Waals surface area (Å²) in [4.78, 5) is 9.28. The van der Waals surface area contributed by atoms with Crippen LogP contribution in [0.25, 0.3) is 21.3 Å². The Kier molecular flexibility index (Phi) is 4.02.